The summed E-state index contributed by atoms with van der Waals surface area (Å²) in [5.74, 6) is 0. The highest BCUT2D eigenvalue weighted by Gasteiger charge is 2.13. The summed E-state index contributed by atoms with van der Waals surface area (Å²) in [5.41, 5.74) is 2.23. The van der Waals surface area contributed by atoms with E-state index in [1.165, 1.54) is 0 Å². The molecule has 0 amide bonds. The molecular formula is C12H19N5S. The third kappa shape index (κ3) is 2.94. The van der Waals surface area contributed by atoms with Crippen molar-refractivity contribution < 1.29 is 0 Å². The van der Waals surface area contributed by atoms with Gasteiger partial charge in [0.2, 0.25) is 5.13 Å². The highest BCUT2D eigenvalue weighted by atomic mass is 32.1. The molecule has 18 heavy (non-hydrogen) atoms. The van der Waals surface area contributed by atoms with Gasteiger partial charge in [-0.1, -0.05) is 11.3 Å². The zero-order valence-electron chi connectivity index (χ0n) is 11.5. The van der Waals surface area contributed by atoms with Crippen LogP contribution in [0.2, 0.25) is 0 Å². The Morgan fingerprint density at radius 2 is 2.00 bits per heavy atom. The van der Waals surface area contributed by atoms with Crippen LogP contribution in [0, 0.1) is 13.8 Å². The van der Waals surface area contributed by atoms with Crippen molar-refractivity contribution in [2.45, 2.75) is 46.7 Å². The van der Waals surface area contributed by atoms with Crippen LogP contribution in [0.4, 0.5) is 0 Å². The van der Waals surface area contributed by atoms with Crippen molar-refractivity contribution in [3.8, 4) is 5.13 Å². The van der Waals surface area contributed by atoms with Gasteiger partial charge >= 0.3 is 0 Å². The summed E-state index contributed by atoms with van der Waals surface area (Å²) in [6.07, 6.45) is 1.80. The summed E-state index contributed by atoms with van der Waals surface area (Å²) in [5, 5.41) is 13.7. The van der Waals surface area contributed by atoms with Crippen LogP contribution in [-0.4, -0.2) is 25.3 Å². The maximum atomic E-state index is 4.27. The van der Waals surface area contributed by atoms with E-state index in [0.717, 1.165) is 28.1 Å². The van der Waals surface area contributed by atoms with Crippen molar-refractivity contribution in [1.29, 1.82) is 0 Å². The molecule has 0 saturated heterocycles. The Balaban J connectivity index is 2.13. The normalized spacial score (nSPS) is 12.1. The molecule has 0 aromatic carbocycles. The summed E-state index contributed by atoms with van der Waals surface area (Å²) < 4.78 is 1.98. The summed E-state index contributed by atoms with van der Waals surface area (Å²) in [6.45, 7) is 11.2. The van der Waals surface area contributed by atoms with E-state index in [1.54, 1.807) is 17.7 Å². The number of aromatic nitrogens is 4. The average molecular weight is 265 g/mol. The first-order valence-corrected chi connectivity index (χ1v) is 6.77. The standard InChI is InChI=1S/C12H19N5S/c1-8-9(2)17(7-13-8)11-16-15-10(18-11)6-14-12(3,4)5/h7,14H,6H2,1-5H3. The quantitative estimate of drug-likeness (QED) is 0.924. The predicted octanol–water partition coefficient (Wildman–Crippen LogP) is 2.23. The molecule has 0 bridgehead atoms. The van der Waals surface area contributed by atoms with Crippen LogP contribution in [0.15, 0.2) is 6.33 Å². The van der Waals surface area contributed by atoms with Crippen molar-refractivity contribution in [3.05, 3.63) is 22.7 Å². The lowest BCUT2D eigenvalue weighted by molar-refractivity contribution is 0.423. The van der Waals surface area contributed by atoms with Crippen molar-refractivity contribution in [1.82, 2.24) is 25.1 Å². The molecule has 0 radical (unpaired) electrons. The van der Waals surface area contributed by atoms with Gasteiger partial charge in [-0.15, -0.1) is 10.2 Å². The Labute approximate surface area is 111 Å². The Bertz CT molecular complexity index is 535. The molecule has 5 nitrogen and oxygen atoms in total. The fourth-order valence-corrected chi connectivity index (χ4v) is 2.25. The molecule has 0 fully saturated rings. The van der Waals surface area contributed by atoms with Gasteiger partial charge in [0.1, 0.15) is 11.3 Å². The van der Waals surface area contributed by atoms with Crippen molar-refractivity contribution >= 4 is 11.3 Å². The second kappa shape index (κ2) is 4.78. The SMILES string of the molecule is Cc1ncn(-c2nnc(CNC(C)(C)C)s2)c1C. The Morgan fingerprint density at radius 1 is 1.28 bits per heavy atom. The molecule has 0 atom stereocenters. The molecule has 0 spiro atoms. The number of hydrogen-bond donors (Lipinski definition) is 1. The number of nitrogens with one attached hydrogen (secondary N) is 1. The molecule has 0 saturated carbocycles. The van der Waals surface area contributed by atoms with Gasteiger partial charge in [0.15, 0.2) is 0 Å². The number of nitrogens with zero attached hydrogens (tertiary/aromatic N) is 4. The van der Waals surface area contributed by atoms with Crippen LogP contribution in [0.25, 0.3) is 5.13 Å². The molecule has 2 aromatic rings. The average Bonchev–Trinajstić information content (AvgIpc) is 2.84. The van der Waals surface area contributed by atoms with E-state index >= 15 is 0 Å². The van der Waals surface area contributed by atoms with Crippen LogP contribution < -0.4 is 5.32 Å². The number of imidazole rings is 1. The Morgan fingerprint density at radius 3 is 2.56 bits per heavy atom. The lowest BCUT2D eigenvalue weighted by atomic mass is 10.1. The second-order valence-corrected chi connectivity index (χ2v) is 6.41. The highest BCUT2D eigenvalue weighted by molar-refractivity contribution is 7.13. The van der Waals surface area contributed by atoms with E-state index in [9.17, 15) is 0 Å². The molecule has 2 aromatic heterocycles. The number of aryl methyl sites for hydroxylation is 1. The summed E-state index contributed by atoms with van der Waals surface area (Å²) in [7, 11) is 0. The van der Waals surface area contributed by atoms with Gasteiger partial charge in [0.25, 0.3) is 0 Å². The summed E-state index contributed by atoms with van der Waals surface area (Å²) >= 11 is 1.59. The largest absolute Gasteiger partial charge is 0.306 e. The summed E-state index contributed by atoms with van der Waals surface area (Å²) in [6, 6.07) is 0. The van der Waals surface area contributed by atoms with Gasteiger partial charge in [0, 0.05) is 11.2 Å². The van der Waals surface area contributed by atoms with E-state index in [2.05, 4.69) is 41.3 Å². The van der Waals surface area contributed by atoms with Gasteiger partial charge in [-0.3, -0.25) is 4.57 Å². The van der Waals surface area contributed by atoms with Gasteiger partial charge in [-0.2, -0.15) is 0 Å². The molecular weight excluding hydrogens is 246 g/mol. The zero-order chi connectivity index (χ0) is 13.3. The minimum atomic E-state index is 0.0906. The van der Waals surface area contributed by atoms with Crippen molar-refractivity contribution in [3.63, 3.8) is 0 Å². The Kier molecular flexibility index (Phi) is 3.49. The van der Waals surface area contributed by atoms with E-state index in [1.807, 2.05) is 18.4 Å². The van der Waals surface area contributed by atoms with Gasteiger partial charge in [-0.05, 0) is 34.6 Å². The zero-order valence-corrected chi connectivity index (χ0v) is 12.3. The van der Waals surface area contributed by atoms with Crippen LogP contribution >= 0.6 is 11.3 Å². The second-order valence-electron chi connectivity index (χ2n) is 5.37. The minimum Gasteiger partial charge on any atom is -0.306 e. The van der Waals surface area contributed by atoms with Crippen LogP contribution in [0.1, 0.15) is 37.2 Å². The molecule has 1 N–H and O–H groups in total. The third-order valence-corrected chi connectivity index (χ3v) is 3.61. The molecule has 2 rings (SSSR count). The minimum absolute atomic E-state index is 0.0906. The van der Waals surface area contributed by atoms with Crippen LogP contribution in [0.3, 0.4) is 0 Å². The molecule has 0 aliphatic rings. The van der Waals surface area contributed by atoms with Crippen molar-refractivity contribution in [2.24, 2.45) is 0 Å². The monoisotopic (exact) mass is 265 g/mol. The van der Waals surface area contributed by atoms with E-state index < -0.39 is 0 Å². The maximum Gasteiger partial charge on any atom is 0.217 e. The molecule has 0 aliphatic heterocycles. The first kappa shape index (κ1) is 13.2. The smallest absolute Gasteiger partial charge is 0.217 e. The number of hydrogen-bond acceptors (Lipinski definition) is 5. The van der Waals surface area contributed by atoms with Crippen LogP contribution in [0.5, 0.6) is 0 Å². The predicted molar refractivity (Wildman–Crippen MR) is 73.1 cm³/mol. The first-order chi connectivity index (χ1) is 8.37. The molecule has 2 heterocycles. The maximum absolute atomic E-state index is 4.27. The lowest BCUT2D eigenvalue weighted by Crippen LogP contribution is -2.35. The van der Waals surface area contributed by atoms with E-state index in [4.69, 9.17) is 0 Å². The topological polar surface area (TPSA) is 55.6 Å². The fraction of sp³-hybridized carbons (Fsp3) is 0.583. The molecule has 0 unspecified atom stereocenters. The molecule has 98 valence electrons. The van der Waals surface area contributed by atoms with Crippen LogP contribution in [-0.2, 0) is 6.54 Å². The van der Waals surface area contributed by atoms with Gasteiger partial charge in [-0.25, -0.2) is 4.98 Å². The molecule has 0 aliphatic carbocycles. The third-order valence-electron chi connectivity index (χ3n) is 2.68. The molecule has 6 heteroatoms. The fourth-order valence-electron chi connectivity index (χ4n) is 1.45. The lowest BCUT2D eigenvalue weighted by Gasteiger charge is -2.19. The highest BCUT2D eigenvalue weighted by Crippen LogP contribution is 2.18. The Hall–Kier alpha value is -1.27. The number of rotatable bonds is 3. The van der Waals surface area contributed by atoms with Gasteiger partial charge < -0.3 is 5.32 Å². The summed E-state index contributed by atoms with van der Waals surface area (Å²) in [4.78, 5) is 4.27. The first-order valence-electron chi connectivity index (χ1n) is 5.95. The van der Waals surface area contributed by atoms with E-state index in [0.29, 0.717) is 0 Å². The van der Waals surface area contributed by atoms with Crippen molar-refractivity contribution in [2.75, 3.05) is 0 Å². The van der Waals surface area contributed by atoms with Gasteiger partial charge in [0.05, 0.1) is 12.2 Å². The van der Waals surface area contributed by atoms with E-state index in [-0.39, 0.29) is 5.54 Å².